The molecule has 2 aromatic heterocycles. The monoisotopic (exact) mass is 765 g/mol. The summed E-state index contributed by atoms with van der Waals surface area (Å²) in [7, 11) is 0. The minimum atomic E-state index is -0.602. The molecule has 2 heterocycles. The van der Waals surface area contributed by atoms with Crippen LogP contribution in [0.25, 0.3) is 50.0 Å². The van der Waals surface area contributed by atoms with Crippen molar-refractivity contribution in [3.8, 4) is 44.5 Å². The Morgan fingerprint density at radius 1 is 0.317 bits per heavy atom. The number of fused-ring (bicyclic) bond motifs is 4. The summed E-state index contributed by atoms with van der Waals surface area (Å²) in [6.07, 6.45) is 4.44. The molecule has 0 N–H and O–H groups in total. The Hall–Kier alpha value is -7.81. The van der Waals surface area contributed by atoms with E-state index in [0.29, 0.717) is 0 Å². The average molecular weight is 766 g/mol. The molecule has 1 aliphatic rings. The molecular formula is C58H41N2+. The molecule has 8 aromatic carbocycles. The molecule has 10 aromatic rings. The second kappa shape index (κ2) is 14.8. The Morgan fingerprint density at radius 2 is 0.800 bits per heavy atom. The molecule has 0 saturated carbocycles. The van der Waals surface area contributed by atoms with Crippen molar-refractivity contribution in [3.63, 3.8) is 0 Å². The number of rotatable bonds is 8. The molecule has 60 heavy (non-hydrogen) atoms. The predicted molar refractivity (Wildman–Crippen MR) is 248 cm³/mol. The Bertz CT molecular complexity index is 3070. The second-order valence-corrected chi connectivity index (χ2v) is 15.6. The minimum absolute atomic E-state index is 0.602. The Labute approximate surface area is 351 Å². The van der Waals surface area contributed by atoms with Crippen LogP contribution in [0.1, 0.15) is 22.3 Å². The molecule has 2 nitrogen and oxygen atoms in total. The smallest absolute Gasteiger partial charge is 0.211 e. The van der Waals surface area contributed by atoms with Gasteiger partial charge in [0.05, 0.1) is 11.0 Å². The van der Waals surface area contributed by atoms with Gasteiger partial charge in [-0.1, -0.05) is 170 Å². The fourth-order valence-corrected chi connectivity index (χ4v) is 9.47. The van der Waals surface area contributed by atoms with Crippen LogP contribution < -0.4 is 9.30 Å². The van der Waals surface area contributed by atoms with Gasteiger partial charge in [-0.3, -0.25) is 0 Å². The molecule has 0 saturated heterocycles. The van der Waals surface area contributed by atoms with Crippen molar-refractivity contribution in [2.45, 2.75) is 5.41 Å². The third-order valence-electron chi connectivity index (χ3n) is 12.2. The van der Waals surface area contributed by atoms with E-state index in [-0.39, 0.29) is 0 Å². The molecule has 0 amide bonds. The van der Waals surface area contributed by atoms with Crippen molar-refractivity contribution >= 4 is 22.6 Å². The number of nitrogens with zero attached hydrogens (tertiary/aromatic N) is 2. The van der Waals surface area contributed by atoms with Crippen molar-refractivity contribution in [2.75, 3.05) is 4.90 Å². The third-order valence-corrected chi connectivity index (χ3v) is 12.2. The summed E-state index contributed by atoms with van der Waals surface area (Å²) < 4.78 is 2.24. The van der Waals surface area contributed by atoms with Crippen molar-refractivity contribution < 1.29 is 4.40 Å². The minimum Gasteiger partial charge on any atom is -0.310 e. The number of benzene rings is 8. The maximum atomic E-state index is 2.48. The highest BCUT2D eigenvalue weighted by Crippen LogP contribution is 2.58. The maximum absolute atomic E-state index is 2.48. The van der Waals surface area contributed by atoms with Crippen LogP contribution in [-0.4, -0.2) is 0 Å². The van der Waals surface area contributed by atoms with E-state index in [1.807, 2.05) is 0 Å². The van der Waals surface area contributed by atoms with Crippen LogP contribution in [0.3, 0.4) is 0 Å². The van der Waals surface area contributed by atoms with Crippen LogP contribution in [-0.2, 0) is 5.41 Å². The number of hydrogen-bond acceptors (Lipinski definition) is 1. The lowest BCUT2D eigenvalue weighted by Gasteiger charge is -2.35. The molecule has 0 fully saturated rings. The summed E-state index contributed by atoms with van der Waals surface area (Å²) in [6.45, 7) is 0. The van der Waals surface area contributed by atoms with E-state index in [4.69, 9.17) is 0 Å². The number of anilines is 3. The van der Waals surface area contributed by atoms with E-state index >= 15 is 0 Å². The highest BCUT2D eigenvalue weighted by atomic mass is 15.1. The van der Waals surface area contributed by atoms with Gasteiger partial charge < -0.3 is 4.90 Å². The molecule has 0 radical (unpaired) electrons. The molecule has 0 unspecified atom stereocenters. The Morgan fingerprint density at radius 3 is 1.45 bits per heavy atom. The van der Waals surface area contributed by atoms with E-state index in [1.165, 1.54) is 66.8 Å². The van der Waals surface area contributed by atoms with Gasteiger partial charge in [-0.05, 0) is 104 Å². The van der Waals surface area contributed by atoms with Crippen molar-refractivity contribution in [3.05, 3.63) is 271 Å². The van der Waals surface area contributed by atoms with Gasteiger partial charge in [-0.25, -0.2) is 0 Å². The maximum Gasteiger partial charge on any atom is 0.211 e. The van der Waals surface area contributed by atoms with Crippen molar-refractivity contribution in [1.82, 2.24) is 0 Å². The first-order valence-corrected chi connectivity index (χ1v) is 20.7. The first-order chi connectivity index (χ1) is 29.8. The van der Waals surface area contributed by atoms with Crippen LogP contribution in [0.4, 0.5) is 17.1 Å². The summed E-state index contributed by atoms with van der Waals surface area (Å²) in [5.74, 6) is 0. The van der Waals surface area contributed by atoms with E-state index in [1.54, 1.807) is 0 Å². The number of hydrogen-bond donors (Lipinski definition) is 0. The molecule has 0 spiro atoms. The largest absolute Gasteiger partial charge is 0.310 e. The van der Waals surface area contributed by atoms with Crippen molar-refractivity contribution in [1.29, 1.82) is 0 Å². The fourth-order valence-electron chi connectivity index (χ4n) is 9.47. The summed E-state index contributed by atoms with van der Waals surface area (Å²) in [6, 6.07) is 86.3. The molecule has 2 heteroatoms. The molecular weight excluding hydrogens is 725 g/mol. The highest BCUT2D eigenvalue weighted by molar-refractivity contribution is 5.93. The highest BCUT2D eigenvalue weighted by Gasteiger charge is 2.46. The zero-order valence-corrected chi connectivity index (χ0v) is 33.1. The normalized spacial score (nSPS) is 12.5. The molecule has 0 atom stereocenters. The standard InChI is InChI=1S/C58H41N2/c1-6-18-42(19-7-1)43-29-32-49(33-30-43)60(48-26-14-5-15-27-48)51-34-36-53-52-35-31-45(55-41-59-37-17-16-28-50(59)39-54(55)44-20-8-2-9-21-44)38-56(52)58(57(53)40-51,46-22-10-3-11-23-46)47-24-12-4-13-25-47/h1-41H/q+1. The lowest BCUT2D eigenvalue weighted by Crippen LogP contribution is -2.29. The number of para-hydroxylation sites is 1. The van der Waals surface area contributed by atoms with Crippen LogP contribution >= 0.6 is 0 Å². The van der Waals surface area contributed by atoms with Gasteiger partial charge in [0.25, 0.3) is 0 Å². The molecule has 1 aliphatic carbocycles. The first-order valence-electron chi connectivity index (χ1n) is 20.7. The van der Waals surface area contributed by atoms with Gasteiger partial charge in [0, 0.05) is 40.8 Å². The van der Waals surface area contributed by atoms with E-state index < -0.39 is 5.41 Å². The van der Waals surface area contributed by atoms with Gasteiger partial charge >= 0.3 is 0 Å². The van der Waals surface area contributed by atoms with Crippen LogP contribution in [0, 0.1) is 0 Å². The third kappa shape index (κ3) is 5.92. The Kier molecular flexibility index (Phi) is 8.75. The zero-order valence-electron chi connectivity index (χ0n) is 33.1. The molecule has 0 bridgehead atoms. The topological polar surface area (TPSA) is 7.34 Å². The second-order valence-electron chi connectivity index (χ2n) is 15.6. The van der Waals surface area contributed by atoms with E-state index in [0.717, 1.165) is 22.6 Å². The van der Waals surface area contributed by atoms with E-state index in [9.17, 15) is 0 Å². The summed E-state index contributed by atoms with van der Waals surface area (Å²) in [5, 5.41) is 0. The quantitative estimate of drug-likeness (QED) is 0.140. The van der Waals surface area contributed by atoms with Gasteiger partial charge in [0.1, 0.15) is 0 Å². The lowest BCUT2D eigenvalue weighted by molar-refractivity contribution is -0.511. The van der Waals surface area contributed by atoms with Crippen LogP contribution in [0.15, 0.2) is 249 Å². The van der Waals surface area contributed by atoms with Gasteiger partial charge in [0.2, 0.25) is 5.52 Å². The first kappa shape index (κ1) is 35.4. The lowest BCUT2D eigenvalue weighted by atomic mass is 9.67. The van der Waals surface area contributed by atoms with Crippen LogP contribution in [0.5, 0.6) is 0 Å². The van der Waals surface area contributed by atoms with Gasteiger partial charge in [-0.15, -0.1) is 0 Å². The zero-order chi connectivity index (χ0) is 39.9. The molecule has 0 aliphatic heterocycles. The van der Waals surface area contributed by atoms with Crippen molar-refractivity contribution in [2.24, 2.45) is 0 Å². The summed E-state index contributed by atoms with van der Waals surface area (Å²) >= 11 is 0. The molecule has 11 rings (SSSR count). The summed E-state index contributed by atoms with van der Waals surface area (Å²) in [5.41, 5.74) is 18.6. The summed E-state index contributed by atoms with van der Waals surface area (Å²) in [4.78, 5) is 2.39. The van der Waals surface area contributed by atoms with E-state index in [2.05, 4.69) is 258 Å². The Balaban J connectivity index is 1.15. The van der Waals surface area contributed by atoms with Gasteiger partial charge in [0.15, 0.2) is 12.4 Å². The van der Waals surface area contributed by atoms with Crippen LogP contribution in [0.2, 0.25) is 0 Å². The average Bonchev–Trinajstić information content (AvgIpc) is 3.62. The predicted octanol–water partition coefficient (Wildman–Crippen LogP) is 14.3. The fraction of sp³-hybridized carbons (Fsp3) is 0.0172. The van der Waals surface area contributed by atoms with Gasteiger partial charge in [-0.2, -0.15) is 4.40 Å². The number of pyridine rings is 2. The number of aromatic nitrogens is 1. The molecule has 282 valence electrons. The SMILES string of the molecule is c1ccc(-c2ccc(N(c3ccccc3)c3ccc4c(c3)C(c3ccccc3)(c3ccccc3)c3cc(-c5c[n+]6ccccc6cc5-c5ccccc5)ccc3-4)cc2)cc1.